The summed E-state index contributed by atoms with van der Waals surface area (Å²) in [4.78, 5) is 24.4. The van der Waals surface area contributed by atoms with Gasteiger partial charge in [0.25, 0.3) is 0 Å². The Hall–Kier alpha value is -1.56. The van der Waals surface area contributed by atoms with Crippen molar-refractivity contribution >= 4 is 27.9 Å². The lowest BCUT2D eigenvalue weighted by Gasteiger charge is -2.23. The van der Waals surface area contributed by atoms with Crippen molar-refractivity contribution in [1.82, 2.24) is 10.2 Å². The van der Waals surface area contributed by atoms with Crippen molar-refractivity contribution in [3.05, 3.63) is 34.3 Å². The van der Waals surface area contributed by atoms with E-state index in [1.165, 1.54) is 4.90 Å². The van der Waals surface area contributed by atoms with Gasteiger partial charge in [0.15, 0.2) is 0 Å². The zero-order chi connectivity index (χ0) is 15.3. The van der Waals surface area contributed by atoms with Gasteiger partial charge in [0.1, 0.15) is 0 Å². The fourth-order valence-corrected chi connectivity index (χ4v) is 1.71. The Kier molecular flexibility index (Phi) is 5.56. The first-order valence-electron chi connectivity index (χ1n) is 6.19. The summed E-state index contributed by atoms with van der Waals surface area (Å²) >= 11 is 3.35. The summed E-state index contributed by atoms with van der Waals surface area (Å²) in [6, 6.07) is 7.38. The van der Waals surface area contributed by atoms with Crippen molar-refractivity contribution in [3.63, 3.8) is 0 Å². The highest BCUT2D eigenvalue weighted by Gasteiger charge is 2.27. The summed E-state index contributed by atoms with van der Waals surface area (Å²) in [6.45, 7) is 3.70. The topological polar surface area (TPSA) is 69.6 Å². The van der Waals surface area contributed by atoms with E-state index in [1.807, 2.05) is 24.3 Å². The van der Waals surface area contributed by atoms with Gasteiger partial charge < -0.3 is 15.3 Å². The quantitative estimate of drug-likeness (QED) is 0.864. The zero-order valence-corrected chi connectivity index (χ0v) is 13.4. The third kappa shape index (κ3) is 4.85. The molecule has 20 heavy (non-hydrogen) atoms. The van der Waals surface area contributed by atoms with Crippen LogP contribution in [0.15, 0.2) is 28.7 Å². The average molecular weight is 343 g/mol. The summed E-state index contributed by atoms with van der Waals surface area (Å²) in [5.74, 6) is -0.937. The molecular formula is C14H19BrN2O3. The van der Waals surface area contributed by atoms with Crippen LogP contribution < -0.4 is 5.32 Å². The Morgan fingerprint density at radius 3 is 2.35 bits per heavy atom. The van der Waals surface area contributed by atoms with Crippen molar-refractivity contribution in [2.75, 3.05) is 13.6 Å². The fraction of sp³-hybridized carbons (Fsp3) is 0.429. The number of carboxylic acids is 1. The molecule has 0 aliphatic carbocycles. The highest BCUT2D eigenvalue weighted by atomic mass is 79.9. The van der Waals surface area contributed by atoms with Crippen LogP contribution in [0, 0.1) is 5.41 Å². The van der Waals surface area contributed by atoms with Crippen LogP contribution in [0.4, 0.5) is 4.79 Å². The number of halogens is 1. The standard InChI is InChI=1S/C14H19BrN2O3/c1-14(2,12(18)19)9-16-13(20)17(3)8-10-4-6-11(15)7-5-10/h4-7H,8-9H2,1-3H3,(H,16,20)(H,18,19). The number of amides is 2. The fourth-order valence-electron chi connectivity index (χ4n) is 1.44. The van der Waals surface area contributed by atoms with Gasteiger partial charge in [0.05, 0.1) is 5.41 Å². The third-order valence-electron chi connectivity index (χ3n) is 2.94. The molecule has 0 spiro atoms. The van der Waals surface area contributed by atoms with E-state index in [-0.39, 0.29) is 12.6 Å². The van der Waals surface area contributed by atoms with Crippen molar-refractivity contribution in [3.8, 4) is 0 Å². The van der Waals surface area contributed by atoms with Crippen LogP contribution in [0.3, 0.4) is 0 Å². The normalized spacial score (nSPS) is 11.0. The molecule has 0 aliphatic heterocycles. The molecule has 0 radical (unpaired) electrons. The molecule has 1 aromatic carbocycles. The van der Waals surface area contributed by atoms with Crippen LogP contribution in [0.5, 0.6) is 0 Å². The van der Waals surface area contributed by atoms with Gasteiger partial charge in [-0.3, -0.25) is 4.79 Å². The predicted octanol–water partition coefficient (Wildman–Crippen LogP) is 2.70. The van der Waals surface area contributed by atoms with Gasteiger partial charge in [0, 0.05) is 24.6 Å². The Balaban J connectivity index is 2.51. The molecule has 0 fully saturated rings. The Morgan fingerprint density at radius 1 is 1.30 bits per heavy atom. The lowest BCUT2D eigenvalue weighted by atomic mass is 9.94. The molecule has 0 saturated heterocycles. The van der Waals surface area contributed by atoms with Crippen molar-refractivity contribution in [2.45, 2.75) is 20.4 Å². The predicted molar refractivity (Wildman–Crippen MR) is 80.4 cm³/mol. The molecular weight excluding hydrogens is 324 g/mol. The second kappa shape index (κ2) is 6.74. The third-order valence-corrected chi connectivity index (χ3v) is 3.47. The number of carbonyl (C=O) groups excluding carboxylic acids is 1. The van der Waals surface area contributed by atoms with E-state index in [4.69, 9.17) is 5.11 Å². The summed E-state index contributed by atoms with van der Waals surface area (Å²) < 4.78 is 0.983. The largest absolute Gasteiger partial charge is 0.481 e. The first-order valence-corrected chi connectivity index (χ1v) is 6.98. The van der Waals surface area contributed by atoms with Gasteiger partial charge in [-0.15, -0.1) is 0 Å². The second-order valence-electron chi connectivity index (χ2n) is 5.33. The molecule has 1 aromatic rings. The Labute approximate surface area is 127 Å². The number of benzene rings is 1. The molecule has 0 bridgehead atoms. The van der Waals surface area contributed by atoms with Crippen LogP contribution in [0.2, 0.25) is 0 Å². The molecule has 0 unspecified atom stereocenters. The molecule has 0 heterocycles. The summed E-state index contributed by atoms with van der Waals surface area (Å²) in [6.07, 6.45) is 0. The lowest BCUT2D eigenvalue weighted by Crippen LogP contribution is -2.43. The van der Waals surface area contributed by atoms with E-state index >= 15 is 0 Å². The number of carboxylic acid groups (broad SMARTS) is 1. The Bertz CT molecular complexity index is 486. The van der Waals surface area contributed by atoms with E-state index in [0.717, 1.165) is 10.0 Å². The number of hydrogen-bond donors (Lipinski definition) is 2. The van der Waals surface area contributed by atoms with Crippen LogP contribution >= 0.6 is 15.9 Å². The molecule has 5 nitrogen and oxygen atoms in total. The maximum absolute atomic E-state index is 11.9. The first-order chi connectivity index (χ1) is 9.22. The molecule has 2 N–H and O–H groups in total. The van der Waals surface area contributed by atoms with Gasteiger partial charge in [-0.2, -0.15) is 0 Å². The van der Waals surface area contributed by atoms with Gasteiger partial charge in [0.2, 0.25) is 0 Å². The highest BCUT2D eigenvalue weighted by molar-refractivity contribution is 9.10. The van der Waals surface area contributed by atoms with Crippen molar-refractivity contribution in [2.24, 2.45) is 5.41 Å². The number of aliphatic carboxylic acids is 1. The SMILES string of the molecule is CN(Cc1ccc(Br)cc1)C(=O)NCC(C)(C)C(=O)O. The van der Waals surface area contributed by atoms with Gasteiger partial charge in [-0.25, -0.2) is 4.79 Å². The summed E-state index contributed by atoms with van der Waals surface area (Å²) in [5, 5.41) is 11.6. The number of hydrogen-bond acceptors (Lipinski definition) is 2. The average Bonchev–Trinajstić information content (AvgIpc) is 2.38. The van der Waals surface area contributed by atoms with E-state index < -0.39 is 11.4 Å². The monoisotopic (exact) mass is 342 g/mol. The van der Waals surface area contributed by atoms with Gasteiger partial charge in [-0.1, -0.05) is 28.1 Å². The molecule has 2 amide bonds. The van der Waals surface area contributed by atoms with Crippen LogP contribution in [0.1, 0.15) is 19.4 Å². The minimum Gasteiger partial charge on any atom is -0.481 e. The number of nitrogens with zero attached hydrogens (tertiary/aromatic N) is 1. The molecule has 0 saturated carbocycles. The van der Waals surface area contributed by atoms with E-state index in [2.05, 4.69) is 21.2 Å². The number of nitrogens with one attached hydrogen (secondary N) is 1. The van der Waals surface area contributed by atoms with Crippen LogP contribution in [0.25, 0.3) is 0 Å². The number of rotatable bonds is 5. The first kappa shape index (κ1) is 16.5. The minimum absolute atomic E-state index is 0.0891. The van der Waals surface area contributed by atoms with Crippen molar-refractivity contribution in [1.29, 1.82) is 0 Å². The summed E-state index contributed by atoms with van der Waals surface area (Å²) in [7, 11) is 1.67. The second-order valence-corrected chi connectivity index (χ2v) is 6.25. The summed E-state index contributed by atoms with van der Waals surface area (Å²) in [5.41, 5.74) is 0.0250. The van der Waals surface area contributed by atoms with Crippen LogP contribution in [-0.4, -0.2) is 35.6 Å². The lowest BCUT2D eigenvalue weighted by molar-refractivity contribution is -0.146. The molecule has 1 rings (SSSR count). The Morgan fingerprint density at radius 2 is 1.85 bits per heavy atom. The zero-order valence-electron chi connectivity index (χ0n) is 11.8. The number of carbonyl (C=O) groups is 2. The van der Waals surface area contributed by atoms with E-state index in [9.17, 15) is 9.59 Å². The molecule has 6 heteroatoms. The van der Waals surface area contributed by atoms with Crippen molar-refractivity contribution < 1.29 is 14.7 Å². The molecule has 0 atom stereocenters. The van der Waals surface area contributed by atoms with Gasteiger partial charge >= 0.3 is 12.0 Å². The maximum Gasteiger partial charge on any atom is 0.317 e. The maximum atomic E-state index is 11.9. The van der Waals surface area contributed by atoms with E-state index in [1.54, 1.807) is 20.9 Å². The molecule has 110 valence electrons. The number of urea groups is 1. The molecule has 0 aliphatic rings. The van der Waals surface area contributed by atoms with E-state index in [0.29, 0.717) is 6.54 Å². The van der Waals surface area contributed by atoms with Gasteiger partial charge in [-0.05, 0) is 31.5 Å². The smallest absolute Gasteiger partial charge is 0.317 e. The highest BCUT2D eigenvalue weighted by Crippen LogP contribution is 2.14. The minimum atomic E-state index is -0.978. The molecule has 0 aromatic heterocycles. The van der Waals surface area contributed by atoms with Crippen LogP contribution in [-0.2, 0) is 11.3 Å².